The molecule has 5 aromatic rings. The minimum Gasteiger partial charge on any atom is -0.474 e. The molecule has 243 valence electrons. The molecule has 0 bridgehead atoms. The second-order valence-electron chi connectivity index (χ2n) is 11.8. The number of pyridine rings is 2. The predicted octanol–water partition coefficient (Wildman–Crippen LogP) is 5.34. The summed E-state index contributed by atoms with van der Waals surface area (Å²) in [5.74, 6) is -0.405. The molecule has 1 N–H and O–H groups in total. The van der Waals surface area contributed by atoms with Crippen LogP contribution in [-0.2, 0) is 30.4 Å². The van der Waals surface area contributed by atoms with E-state index in [4.69, 9.17) is 26.1 Å². The molecule has 0 unspecified atom stereocenters. The summed E-state index contributed by atoms with van der Waals surface area (Å²) < 4.78 is 67.5. The standard InChI is InChI=1S/C31H28ClF4N8O2Si/c32-20-5-4-18(23(33)14-20)12-21-2-1-3-26(38-21)46-22-6-9-43(10-7-22)16-25-39-24-13-19(27-40-29(42-41-27)31(34,35)36)15-37-28(24)44(25)17-30(47)8-11-45-30/h1-5,13-15,22H,6-12,16-17H2,(H,40,41,42)/t30-/m1/s1. The van der Waals surface area contributed by atoms with Crippen LogP contribution in [0.1, 0.15) is 42.2 Å². The van der Waals surface area contributed by atoms with Crippen molar-refractivity contribution in [2.45, 2.75) is 56.3 Å². The Morgan fingerprint density at radius 3 is 2.62 bits per heavy atom. The van der Waals surface area contributed by atoms with Gasteiger partial charge in [0.15, 0.2) is 11.5 Å². The van der Waals surface area contributed by atoms with Crippen LogP contribution < -0.4 is 4.74 Å². The highest BCUT2D eigenvalue weighted by molar-refractivity contribution is 6.30. The summed E-state index contributed by atoms with van der Waals surface area (Å²) >= 11 is 5.88. The predicted molar refractivity (Wildman–Crippen MR) is 164 cm³/mol. The van der Waals surface area contributed by atoms with Gasteiger partial charge in [-0.3, -0.25) is 10.00 Å². The lowest BCUT2D eigenvalue weighted by Crippen LogP contribution is -2.48. The number of alkyl halides is 3. The molecule has 1 atom stereocenters. The van der Waals surface area contributed by atoms with Crippen LogP contribution in [0.3, 0.4) is 0 Å². The minimum absolute atomic E-state index is 0.0406. The first-order valence-corrected chi connectivity index (χ1v) is 15.9. The third-order valence-corrected chi connectivity index (χ3v) is 9.12. The normalized spacial score (nSPS) is 19.3. The van der Waals surface area contributed by atoms with E-state index in [0.717, 1.165) is 38.2 Å². The number of halogens is 5. The summed E-state index contributed by atoms with van der Waals surface area (Å²) in [6.07, 6.45) is -0.569. The molecule has 2 aliphatic rings. The van der Waals surface area contributed by atoms with Gasteiger partial charge < -0.3 is 14.0 Å². The number of hydrogen-bond acceptors (Lipinski definition) is 8. The molecule has 0 amide bonds. The van der Waals surface area contributed by atoms with Gasteiger partial charge in [0.2, 0.25) is 11.7 Å². The SMILES string of the molecule is Fc1cc(Cl)ccc1Cc1cccc(OC2CCN(Cc3nc4cc(-c5n[nH]c(C(F)(F)F)n5)cnc4n3C[C@]3([Si])CCO3)CC2)n1. The Labute approximate surface area is 274 Å². The number of nitrogens with zero attached hydrogens (tertiary/aromatic N) is 7. The van der Waals surface area contributed by atoms with E-state index in [1.54, 1.807) is 24.3 Å². The van der Waals surface area contributed by atoms with E-state index in [9.17, 15) is 17.6 Å². The molecule has 7 rings (SSSR count). The Hall–Kier alpha value is -3.92. The van der Waals surface area contributed by atoms with E-state index < -0.39 is 17.2 Å². The zero-order valence-electron chi connectivity index (χ0n) is 24.9. The molecule has 2 aliphatic heterocycles. The summed E-state index contributed by atoms with van der Waals surface area (Å²) in [4.78, 5) is 19.9. The second-order valence-corrected chi connectivity index (χ2v) is 13.1. The molecule has 4 aromatic heterocycles. The summed E-state index contributed by atoms with van der Waals surface area (Å²) in [5.41, 5.74) is 2.63. The van der Waals surface area contributed by atoms with Gasteiger partial charge in [-0.05, 0) is 49.1 Å². The molecule has 10 nitrogen and oxygen atoms in total. The number of imidazole rings is 1. The van der Waals surface area contributed by atoms with E-state index in [0.29, 0.717) is 65.0 Å². The number of likely N-dealkylation sites (tertiary alicyclic amines) is 1. The number of aromatic amines is 1. The topological polar surface area (TPSA) is 107 Å². The lowest BCUT2D eigenvalue weighted by atomic mass is 10.1. The number of fused-ring (bicyclic) bond motifs is 1. The lowest BCUT2D eigenvalue weighted by molar-refractivity contribution is -0.144. The van der Waals surface area contributed by atoms with E-state index >= 15 is 0 Å². The average Bonchev–Trinajstić information content (AvgIpc) is 3.65. The third kappa shape index (κ3) is 7.03. The number of ether oxygens (including phenoxy) is 2. The van der Waals surface area contributed by atoms with E-state index in [1.807, 2.05) is 21.8 Å². The minimum atomic E-state index is -4.64. The Bertz CT molecular complexity index is 1910. The fourth-order valence-electron chi connectivity index (χ4n) is 5.75. The van der Waals surface area contributed by atoms with Gasteiger partial charge >= 0.3 is 6.18 Å². The van der Waals surface area contributed by atoms with Crippen molar-refractivity contribution < 1.29 is 27.0 Å². The number of H-pyrrole nitrogens is 1. The van der Waals surface area contributed by atoms with Crippen LogP contribution in [0.25, 0.3) is 22.6 Å². The average molecular weight is 684 g/mol. The first-order valence-electron chi connectivity index (χ1n) is 15.0. The van der Waals surface area contributed by atoms with Crippen molar-refractivity contribution in [3.05, 3.63) is 82.4 Å². The van der Waals surface area contributed by atoms with Gasteiger partial charge in [-0.1, -0.05) is 23.7 Å². The molecule has 0 aliphatic carbocycles. The zero-order chi connectivity index (χ0) is 32.8. The van der Waals surface area contributed by atoms with Crippen LogP contribution in [0, 0.1) is 5.82 Å². The van der Waals surface area contributed by atoms with Crippen molar-refractivity contribution in [2.24, 2.45) is 0 Å². The fourth-order valence-corrected chi connectivity index (χ4v) is 6.27. The monoisotopic (exact) mass is 683 g/mol. The van der Waals surface area contributed by atoms with Gasteiger partial charge in [-0.15, -0.1) is 0 Å². The van der Waals surface area contributed by atoms with Crippen molar-refractivity contribution in [3.8, 4) is 17.3 Å². The molecule has 2 fully saturated rings. The highest BCUT2D eigenvalue weighted by Gasteiger charge is 2.37. The molecule has 16 heteroatoms. The zero-order valence-corrected chi connectivity index (χ0v) is 26.7. The highest BCUT2D eigenvalue weighted by atomic mass is 35.5. The van der Waals surface area contributed by atoms with Crippen LogP contribution >= 0.6 is 11.6 Å². The first kappa shape index (κ1) is 31.7. The van der Waals surface area contributed by atoms with Crippen LogP contribution in [-0.4, -0.2) is 80.9 Å². The highest BCUT2D eigenvalue weighted by Crippen LogP contribution is 2.31. The molecular weight excluding hydrogens is 656 g/mol. The Morgan fingerprint density at radius 1 is 1.11 bits per heavy atom. The summed E-state index contributed by atoms with van der Waals surface area (Å²) in [5, 5.41) is 5.47. The Balaban J connectivity index is 1.03. The van der Waals surface area contributed by atoms with Crippen molar-refractivity contribution in [1.29, 1.82) is 0 Å². The Kier molecular flexibility index (Phi) is 8.49. The van der Waals surface area contributed by atoms with Crippen LogP contribution in [0.2, 0.25) is 5.02 Å². The summed E-state index contributed by atoms with van der Waals surface area (Å²) in [7, 11) is 3.75. The van der Waals surface area contributed by atoms with Crippen molar-refractivity contribution in [3.63, 3.8) is 0 Å². The maximum absolute atomic E-state index is 14.3. The van der Waals surface area contributed by atoms with Crippen molar-refractivity contribution in [1.82, 2.24) is 39.6 Å². The van der Waals surface area contributed by atoms with Crippen LogP contribution in [0.5, 0.6) is 5.88 Å². The van der Waals surface area contributed by atoms with Gasteiger partial charge in [0.25, 0.3) is 0 Å². The molecule has 3 radical (unpaired) electrons. The number of nitrogens with one attached hydrogen (secondary N) is 1. The molecule has 1 aromatic carbocycles. The maximum Gasteiger partial charge on any atom is 0.451 e. The molecule has 0 spiro atoms. The second kappa shape index (κ2) is 12.6. The molecular formula is C31H28ClF4N8O2Si. The van der Waals surface area contributed by atoms with Gasteiger partial charge in [0.05, 0.1) is 28.6 Å². The van der Waals surface area contributed by atoms with Crippen LogP contribution in [0.15, 0.2) is 48.7 Å². The van der Waals surface area contributed by atoms with Crippen LogP contribution in [0.4, 0.5) is 17.6 Å². The lowest BCUT2D eigenvalue weighted by Gasteiger charge is -2.39. The van der Waals surface area contributed by atoms with E-state index in [1.165, 1.54) is 12.3 Å². The summed E-state index contributed by atoms with van der Waals surface area (Å²) in [6, 6.07) is 11.8. The fraction of sp³-hybridized carbons (Fsp3) is 0.387. The van der Waals surface area contributed by atoms with Gasteiger partial charge in [-0.25, -0.2) is 24.3 Å². The molecule has 6 heterocycles. The number of aromatic nitrogens is 7. The van der Waals surface area contributed by atoms with E-state index in [2.05, 4.69) is 35.2 Å². The first-order chi connectivity index (χ1) is 22.5. The van der Waals surface area contributed by atoms with Crippen molar-refractivity contribution in [2.75, 3.05) is 19.7 Å². The van der Waals surface area contributed by atoms with Gasteiger partial charge in [0, 0.05) is 54.7 Å². The molecule has 47 heavy (non-hydrogen) atoms. The van der Waals surface area contributed by atoms with Gasteiger partial charge in [-0.2, -0.15) is 18.3 Å². The van der Waals surface area contributed by atoms with Gasteiger partial charge in [0.1, 0.15) is 23.3 Å². The Morgan fingerprint density at radius 2 is 1.91 bits per heavy atom. The summed E-state index contributed by atoms with van der Waals surface area (Å²) in [6.45, 7) is 3.12. The van der Waals surface area contributed by atoms with Crippen molar-refractivity contribution >= 4 is 33.0 Å². The van der Waals surface area contributed by atoms with E-state index in [-0.39, 0.29) is 17.7 Å². The number of benzene rings is 1. The number of piperidine rings is 1. The molecule has 0 saturated carbocycles. The maximum atomic E-state index is 14.3. The third-order valence-electron chi connectivity index (χ3n) is 8.33. The number of rotatable bonds is 9. The number of hydrogen-bond donors (Lipinski definition) is 1. The largest absolute Gasteiger partial charge is 0.474 e. The quantitative estimate of drug-likeness (QED) is 0.164. The molecule has 2 saturated heterocycles. The smallest absolute Gasteiger partial charge is 0.451 e.